The second-order valence-electron chi connectivity index (χ2n) is 5.59. The lowest BCUT2D eigenvalue weighted by atomic mass is 9.79. The number of hydrogen-bond donors (Lipinski definition) is 3. The topological polar surface area (TPSA) is 89.1 Å². The first-order chi connectivity index (χ1) is 11.0. The molecule has 128 valence electrons. The summed E-state index contributed by atoms with van der Waals surface area (Å²) in [4.78, 5) is 11.9. The van der Waals surface area contributed by atoms with Gasteiger partial charge in [0.1, 0.15) is 17.7 Å². The molecule has 1 heterocycles. The summed E-state index contributed by atoms with van der Waals surface area (Å²) in [6.45, 7) is 1.95. The number of carbonyl (C=O) groups excluding carboxylic acids is 1. The third-order valence-corrected chi connectivity index (χ3v) is 4.32. The fraction of sp³-hybridized carbons (Fsp3) is 0.562. The maximum Gasteiger partial charge on any atom is 0.306 e. The molecule has 1 aromatic rings. The summed E-state index contributed by atoms with van der Waals surface area (Å²) < 4.78 is 15.5. The number of carbonyl (C=O) groups is 1. The second-order valence-corrected chi connectivity index (χ2v) is 5.59. The summed E-state index contributed by atoms with van der Waals surface area (Å²) in [7, 11) is 4.51. The van der Waals surface area contributed by atoms with Crippen LogP contribution in [0.15, 0.2) is 18.2 Å². The molecule has 4 atom stereocenters. The molecule has 3 N–H and O–H groups in total. The zero-order valence-corrected chi connectivity index (χ0v) is 13.8. The number of aliphatic hydroxyl groups excluding tert-OH is 1. The van der Waals surface area contributed by atoms with E-state index in [9.17, 15) is 9.90 Å². The predicted octanol–water partition coefficient (Wildman–Crippen LogP) is 0.781. The summed E-state index contributed by atoms with van der Waals surface area (Å²) in [6, 6.07) is 5.43. The molecule has 0 spiro atoms. The lowest BCUT2D eigenvalue weighted by Gasteiger charge is -2.28. The van der Waals surface area contributed by atoms with Crippen molar-refractivity contribution in [3.8, 4) is 11.5 Å². The van der Waals surface area contributed by atoms with Gasteiger partial charge in [-0.15, -0.1) is 0 Å². The van der Waals surface area contributed by atoms with Crippen molar-refractivity contribution in [2.75, 3.05) is 21.3 Å². The van der Waals surface area contributed by atoms with E-state index < -0.39 is 6.23 Å². The van der Waals surface area contributed by atoms with Gasteiger partial charge in [-0.2, -0.15) is 0 Å². The number of hydrogen-bond acceptors (Lipinski definition) is 7. The van der Waals surface area contributed by atoms with Crippen LogP contribution in [0.5, 0.6) is 11.5 Å². The van der Waals surface area contributed by atoms with E-state index in [4.69, 9.17) is 14.2 Å². The average molecular weight is 324 g/mol. The molecule has 1 aromatic carbocycles. The van der Waals surface area contributed by atoms with Crippen molar-refractivity contribution in [2.24, 2.45) is 5.92 Å². The number of aliphatic hydroxyl groups is 1. The number of ether oxygens (including phenoxy) is 3. The minimum atomic E-state index is -0.772. The van der Waals surface area contributed by atoms with Crippen molar-refractivity contribution < 1.29 is 24.1 Å². The monoisotopic (exact) mass is 324 g/mol. The number of hydrazine groups is 1. The van der Waals surface area contributed by atoms with E-state index in [2.05, 4.69) is 10.9 Å². The Morgan fingerprint density at radius 3 is 2.52 bits per heavy atom. The Balaban J connectivity index is 2.42. The normalized spacial score (nSPS) is 25.0. The first kappa shape index (κ1) is 17.5. The molecule has 0 saturated carbocycles. The highest BCUT2D eigenvalue weighted by atomic mass is 16.5. The van der Waals surface area contributed by atoms with Crippen LogP contribution in [0, 0.1) is 5.92 Å². The van der Waals surface area contributed by atoms with Crippen LogP contribution in [0.2, 0.25) is 0 Å². The zero-order valence-electron chi connectivity index (χ0n) is 13.8. The highest BCUT2D eigenvalue weighted by Crippen LogP contribution is 2.40. The van der Waals surface area contributed by atoms with Gasteiger partial charge in [-0.1, -0.05) is 6.07 Å². The summed E-state index contributed by atoms with van der Waals surface area (Å²) in [6.07, 6.45) is -0.624. The van der Waals surface area contributed by atoms with Crippen molar-refractivity contribution in [2.45, 2.75) is 31.5 Å². The summed E-state index contributed by atoms with van der Waals surface area (Å²) in [5.41, 5.74) is 6.65. The van der Waals surface area contributed by atoms with E-state index in [1.54, 1.807) is 20.3 Å². The fourth-order valence-electron chi connectivity index (χ4n) is 3.09. The van der Waals surface area contributed by atoms with Crippen molar-refractivity contribution in [3.05, 3.63) is 23.8 Å². The Kier molecular flexibility index (Phi) is 5.81. The third kappa shape index (κ3) is 3.74. The van der Waals surface area contributed by atoms with Gasteiger partial charge in [0.05, 0.1) is 27.8 Å². The highest BCUT2D eigenvalue weighted by Gasteiger charge is 2.40. The van der Waals surface area contributed by atoms with E-state index in [1.165, 1.54) is 7.11 Å². The minimum absolute atomic E-state index is 0.0218. The predicted molar refractivity (Wildman–Crippen MR) is 84.2 cm³/mol. The fourth-order valence-corrected chi connectivity index (χ4v) is 3.09. The SMILES string of the molecule is COC(=O)CC(c1ccc(OC)cc1OC)C1C(C)NNC1O. The Morgan fingerprint density at radius 2 is 2.00 bits per heavy atom. The molecule has 0 bridgehead atoms. The summed E-state index contributed by atoms with van der Waals surface area (Å²) in [5.74, 6) is 0.467. The van der Waals surface area contributed by atoms with Gasteiger partial charge >= 0.3 is 5.97 Å². The third-order valence-electron chi connectivity index (χ3n) is 4.32. The largest absolute Gasteiger partial charge is 0.497 e. The number of rotatable bonds is 6. The van der Waals surface area contributed by atoms with Crippen molar-refractivity contribution >= 4 is 5.97 Å². The van der Waals surface area contributed by atoms with Crippen molar-refractivity contribution in [3.63, 3.8) is 0 Å². The van der Waals surface area contributed by atoms with Crippen molar-refractivity contribution in [1.29, 1.82) is 0 Å². The van der Waals surface area contributed by atoms with Crippen LogP contribution in [-0.4, -0.2) is 44.7 Å². The standard InChI is InChI=1S/C16H24N2O5/c1-9-15(16(20)18-17-9)12(8-14(19)23-4)11-6-5-10(21-2)7-13(11)22-3/h5-7,9,12,15-18,20H,8H2,1-4H3. The van der Waals surface area contributed by atoms with Gasteiger partial charge < -0.3 is 19.3 Å². The molecule has 1 saturated heterocycles. The van der Waals surface area contributed by atoms with Gasteiger partial charge in [0.25, 0.3) is 0 Å². The lowest BCUT2D eigenvalue weighted by Crippen LogP contribution is -2.33. The van der Waals surface area contributed by atoms with Crippen LogP contribution in [0.25, 0.3) is 0 Å². The maximum atomic E-state index is 11.9. The summed E-state index contributed by atoms with van der Waals surface area (Å²) in [5, 5.41) is 10.2. The number of methoxy groups -OCH3 is 3. The van der Waals surface area contributed by atoms with Crippen LogP contribution in [0.4, 0.5) is 0 Å². The number of benzene rings is 1. The molecular weight excluding hydrogens is 300 g/mol. The van der Waals surface area contributed by atoms with Gasteiger partial charge in [-0.25, -0.2) is 5.43 Å². The molecule has 1 aliphatic heterocycles. The molecule has 0 radical (unpaired) electrons. The molecule has 4 unspecified atom stereocenters. The van der Waals surface area contributed by atoms with Crippen molar-refractivity contribution in [1.82, 2.24) is 10.9 Å². The van der Waals surface area contributed by atoms with E-state index in [0.29, 0.717) is 11.5 Å². The molecular formula is C16H24N2O5. The molecule has 7 nitrogen and oxygen atoms in total. The Bertz CT molecular complexity index is 541. The van der Waals surface area contributed by atoms with Crippen LogP contribution < -0.4 is 20.3 Å². The van der Waals surface area contributed by atoms with E-state index in [1.807, 2.05) is 19.1 Å². The average Bonchev–Trinajstić information content (AvgIpc) is 2.90. The smallest absolute Gasteiger partial charge is 0.306 e. The summed E-state index contributed by atoms with van der Waals surface area (Å²) >= 11 is 0. The highest BCUT2D eigenvalue weighted by molar-refractivity contribution is 5.71. The van der Waals surface area contributed by atoms with E-state index in [0.717, 1.165) is 5.56 Å². The second kappa shape index (κ2) is 7.63. The Hall–Kier alpha value is -1.83. The van der Waals surface area contributed by atoms with Gasteiger partial charge in [-0.05, 0) is 18.6 Å². The van der Waals surface area contributed by atoms with E-state index >= 15 is 0 Å². The van der Waals surface area contributed by atoms with Crippen LogP contribution in [0.3, 0.4) is 0 Å². The van der Waals surface area contributed by atoms with Crippen LogP contribution in [-0.2, 0) is 9.53 Å². The van der Waals surface area contributed by atoms with Crippen LogP contribution in [0.1, 0.15) is 24.8 Å². The quantitative estimate of drug-likeness (QED) is 0.666. The molecule has 0 amide bonds. The molecule has 0 aliphatic carbocycles. The lowest BCUT2D eigenvalue weighted by molar-refractivity contribution is -0.141. The first-order valence-corrected chi connectivity index (χ1v) is 7.49. The molecule has 2 rings (SSSR count). The molecule has 7 heteroatoms. The molecule has 23 heavy (non-hydrogen) atoms. The van der Waals surface area contributed by atoms with Gasteiger partial charge in [-0.3, -0.25) is 10.2 Å². The van der Waals surface area contributed by atoms with Gasteiger partial charge in [0.2, 0.25) is 0 Å². The Labute approximate surface area is 135 Å². The zero-order chi connectivity index (χ0) is 17.0. The Morgan fingerprint density at radius 1 is 1.26 bits per heavy atom. The molecule has 1 fully saturated rings. The minimum Gasteiger partial charge on any atom is -0.497 e. The van der Waals surface area contributed by atoms with E-state index in [-0.39, 0.29) is 30.3 Å². The first-order valence-electron chi connectivity index (χ1n) is 7.49. The molecule has 0 aromatic heterocycles. The molecule has 1 aliphatic rings. The van der Waals surface area contributed by atoms with Crippen LogP contribution >= 0.6 is 0 Å². The van der Waals surface area contributed by atoms with Gasteiger partial charge in [0.15, 0.2) is 0 Å². The number of esters is 1. The maximum absolute atomic E-state index is 11.9. The number of nitrogens with one attached hydrogen (secondary N) is 2. The van der Waals surface area contributed by atoms with Gasteiger partial charge in [0, 0.05) is 23.9 Å².